The minimum Gasteiger partial charge on any atom is -0.432 e. The number of hydrogen-bond donors (Lipinski definition) is 0. The number of hydrogen-bond acceptors (Lipinski definition) is 3. The van der Waals surface area contributed by atoms with Crippen molar-refractivity contribution in [2.45, 2.75) is 94.9 Å². The van der Waals surface area contributed by atoms with Gasteiger partial charge in [0.1, 0.15) is 23.2 Å². The Morgan fingerprint density at radius 2 is 1.32 bits per heavy atom. The van der Waals surface area contributed by atoms with Crippen molar-refractivity contribution in [1.29, 1.82) is 0 Å². The minimum atomic E-state index is -5.15. The van der Waals surface area contributed by atoms with Crippen LogP contribution in [0.25, 0.3) is 0 Å². The highest BCUT2D eigenvalue weighted by atomic mass is 19.3. The van der Waals surface area contributed by atoms with E-state index in [0.717, 1.165) is 31.2 Å². The Labute approximate surface area is 250 Å². The van der Waals surface area contributed by atoms with E-state index in [0.29, 0.717) is 30.6 Å². The van der Waals surface area contributed by atoms with Crippen molar-refractivity contribution < 1.29 is 53.7 Å². The fraction of sp³-hybridized carbons (Fsp3) is 0.625. The molecule has 0 aromatic heterocycles. The second-order valence-electron chi connectivity index (χ2n) is 12.4. The lowest BCUT2D eigenvalue weighted by atomic mass is 9.76. The zero-order valence-electron chi connectivity index (χ0n) is 24.1. The average Bonchev–Trinajstić information content (AvgIpc) is 2.97. The third kappa shape index (κ3) is 7.00. The molecule has 1 saturated heterocycles. The van der Waals surface area contributed by atoms with E-state index >= 15 is 4.39 Å². The van der Waals surface area contributed by atoms with Crippen LogP contribution in [-0.4, -0.2) is 32.0 Å². The Morgan fingerprint density at radius 3 is 1.86 bits per heavy atom. The lowest BCUT2D eigenvalue weighted by Crippen LogP contribution is -2.37. The van der Waals surface area contributed by atoms with Crippen LogP contribution >= 0.6 is 0 Å². The van der Waals surface area contributed by atoms with Crippen LogP contribution in [0.4, 0.5) is 39.5 Å². The molecule has 244 valence electrons. The summed E-state index contributed by atoms with van der Waals surface area (Å²) in [5.41, 5.74) is -0.889. The van der Waals surface area contributed by atoms with Gasteiger partial charge in [-0.3, -0.25) is 0 Å². The zero-order valence-corrected chi connectivity index (χ0v) is 24.1. The molecule has 2 aromatic carbocycles. The van der Waals surface area contributed by atoms with Gasteiger partial charge < -0.3 is 14.2 Å². The number of benzene rings is 2. The van der Waals surface area contributed by atoms with Gasteiger partial charge in [-0.05, 0) is 80.4 Å². The maximum absolute atomic E-state index is 15.3. The smallest absolute Gasteiger partial charge is 0.400 e. The van der Waals surface area contributed by atoms with Gasteiger partial charge in [-0.25, -0.2) is 22.0 Å². The molecule has 44 heavy (non-hydrogen) atoms. The van der Waals surface area contributed by atoms with Crippen molar-refractivity contribution in [3.63, 3.8) is 0 Å². The first-order valence-corrected chi connectivity index (χ1v) is 15.0. The van der Waals surface area contributed by atoms with E-state index in [1.807, 2.05) is 6.07 Å². The van der Waals surface area contributed by atoms with Crippen LogP contribution in [0.15, 0.2) is 30.3 Å². The standard InChI is InChI=1S/C32H35F9O3/c1-17-15-42-29(43-16-17)20-4-2-18(3-5-20)21-8-11-24(25(33)12-21)19-6-9-22(10-7-19)32(40,41)44-23-13-26(34)28(27(35)14-23)31(38,39)30(36)37/h8,11-14,17-20,22,29-30H,2-7,9-10,15-16H2,1H3. The molecule has 3 aliphatic rings. The molecular formula is C32H35F9O3. The molecule has 2 aliphatic carbocycles. The van der Waals surface area contributed by atoms with E-state index in [9.17, 15) is 35.1 Å². The van der Waals surface area contributed by atoms with Crippen LogP contribution in [0, 0.1) is 35.2 Å². The van der Waals surface area contributed by atoms with E-state index in [1.54, 1.807) is 6.07 Å². The molecule has 0 spiro atoms. The molecule has 1 heterocycles. The minimum absolute atomic E-state index is 0.0373. The first-order valence-electron chi connectivity index (χ1n) is 15.0. The van der Waals surface area contributed by atoms with Gasteiger partial charge in [0.05, 0.1) is 24.7 Å². The third-order valence-electron chi connectivity index (χ3n) is 9.26. The Kier molecular flexibility index (Phi) is 9.80. The molecule has 2 aromatic rings. The number of alkyl halides is 6. The lowest BCUT2D eigenvalue weighted by Gasteiger charge is -2.37. The molecule has 12 heteroatoms. The fourth-order valence-electron chi connectivity index (χ4n) is 6.76. The SMILES string of the molecule is CC1COC(C2CCC(c3ccc(C4CCC(C(F)(F)Oc5cc(F)c(C(F)(F)C(F)F)c(F)c5)CC4)c(F)c3)CC2)OC1. The Balaban J connectivity index is 1.16. The summed E-state index contributed by atoms with van der Waals surface area (Å²) in [5, 5.41) is 0. The van der Waals surface area contributed by atoms with Gasteiger partial charge in [-0.15, -0.1) is 0 Å². The Morgan fingerprint density at radius 1 is 0.750 bits per heavy atom. The van der Waals surface area contributed by atoms with Crippen molar-refractivity contribution >= 4 is 0 Å². The molecule has 3 nitrogen and oxygen atoms in total. The van der Waals surface area contributed by atoms with Crippen molar-refractivity contribution in [3.8, 4) is 5.75 Å². The Hall–Kier alpha value is -2.47. The number of ether oxygens (including phenoxy) is 3. The molecular weight excluding hydrogens is 603 g/mol. The summed E-state index contributed by atoms with van der Waals surface area (Å²) < 4.78 is 142. The number of halogens is 9. The van der Waals surface area contributed by atoms with Gasteiger partial charge in [0.25, 0.3) is 0 Å². The number of rotatable bonds is 8. The molecule has 0 amide bonds. The van der Waals surface area contributed by atoms with Crippen molar-refractivity contribution in [3.05, 3.63) is 64.5 Å². The lowest BCUT2D eigenvalue weighted by molar-refractivity contribution is -0.226. The molecule has 0 unspecified atom stereocenters. The summed E-state index contributed by atoms with van der Waals surface area (Å²) in [7, 11) is 0. The largest absolute Gasteiger partial charge is 0.432 e. The molecule has 5 rings (SSSR count). The average molecular weight is 639 g/mol. The second kappa shape index (κ2) is 13.1. The van der Waals surface area contributed by atoms with E-state index < -0.39 is 53.1 Å². The van der Waals surface area contributed by atoms with Crippen LogP contribution in [0.1, 0.15) is 86.8 Å². The van der Waals surface area contributed by atoms with Gasteiger partial charge in [0.15, 0.2) is 6.29 Å². The monoisotopic (exact) mass is 638 g/mol. The summed E-state index contributed by atoms with van der Waals surface area (Å²) in [4.78, 5) is 0. The molecule has 0 radical (unpaired) electrons. The first-order chi connectivity index (χ1) is 20.8. The van der Waals surface area contributed by atoms with E-state index in [4.69, 9.17) is 9.47 Å². The van der Waals surface area contributed by atoms with Gasteiger partial charge in [-0.2, -0.15) is 17.6 Å². The van der Waals surface area contributed by atoms with Gasteiger partial charge in [0.2, 0.25) is 0 Å². The molecule has 3 fully saturated rings. The summed E-state index contributed by atoms with van der Waals surface area (Å²) in [5.74, 6) is -11.7. The van der Waals surface area contributed by atoms with Crippen LogP contribution in [0.3, 0.4) is 0 Å². The fourth-order valence-corrected chi connectivity index (χ4v) is 6.76. The molecule has 0 N–H and O–H groups in total. The summed E-state index contributed by atoms with van der Waals surface area (Å²) >= 11 is 0. The summed E-state index contributed by atoms with van der Waals surface area (Å²) in [6.07, 6.45) is -4.73. The highest BCUT2D eigenvalue weighted by Crippen LogP contribution is 2.46. The predicted molar refractivity (Wildman–Crippen MR) is 142 cm³/mol. The van der Waals surface area contributed by atoms with Crippen molar-refractivity contribution in [2.24, 2.45) is 17.8 Å². The molecule has 1 aliphatic heterocycles. The summed E-state index contributed by atoms with van der Waals surface area (Å²) in [6, 6.07) is 5.22. The molecule has 0 bridgehead atoms. The van der Waals surface area contributed by atoms with Crippen LogP contribution < -0.4 is 4.74 Å². The quantitative estimate of drug-likeness (QED) is 0.270. The van der Waals surface area contributed by atoms with Crippen LogP contribution in [-0.2, 0) is 15.4 Å². The summed E-state index contributed by atoms with van der Waals surface area (Å²) in [6.45, 7) is 3.45. The highest BCUT2D eigenvalue weighted by molar-refractivity contribution is 5.34. The van der Waals surface area contributed by atoms with Gasteiger partial charge in [-0.1, -0.05) is 19.1 Å². The van der Waals surface area contributed by atoms with E-state index in [-0.39, 0.29) is 55.9 Å². The Bertz CT molecular complexity index is 1260. The maximum Gasteiger partial charge on any atom is 0.400 e. The second-order valence-corrected chi connectivity index (χ2v) is 12.4. The van der Waals surface area contributed by atoms with Crippen LogP contribution in [0.5, 0.6) is 5.75 Å². The molecule has 0 atom stereocenters. The van der Waals surface area contributed by atoms with Crippen LogP contribution in [0.2, 0.25) is 0 Å². The first kappa shape index (κ1) is 32.9. The maximum atomic E-state index is 15.3. The topological polar surface area (TPSA) is 27.7 Å². The van der Waals surface area contributed by atoms with E-state index in [2.05, 4.69) is 11.7 Å². The van der Waals surface area contributed by atoms with Crippen molar-refractivity contribution in [2.75, 3.05) is 13.2 Å². The van der Waals surface area contributed by atoms with Gasteiger partial charge in [0, 0.05) is 24.0 Å². The van der Waals surface area contributed by atoms with Gasteiger partial charge >= 0.3 is 18.5 Å². The third-order valence-corrected chi connectivity index (χ3v) is 9.26. The molecule has 2 saturated carbocycles. The van der Waals surface area contributed by atoms with E-state index in [1.165, 1.54) is 6.07 Å². The van der Waals surface area contributed by atoms with Crippen molar-refractivity contribution in [1.82, 2.24) is 0 Å². The highest BCUT2D eigenvalue weighted by Gasteiger charge is 2.48. The predicted octanol–water partition coefficient (Wildman–Crippen LogP) is 9.69. The zero-order chi connectivity index (χ0) is 31.8. The normalized spacial score (nSPS) is 28.7.